The number of carbonyl (C=O) groups excluding carboxylic acids is 2. The van der Waals surface area contributed by atoms with E-state index in [0.717, 1.165) is 0 Å². The predicted molar refractivity (Wildman–Crippen MR) is 112 cm³/mol. The van der Waals surface area contributed by atoms with Crippen LogP contribution in [0.15, 0.2) is 45.9 Å². The van der Waals surface area contributed by atoms with E-state index >= 15 is 0 Å². The Bertz CT molecular complexity index is 1050. The average Bonchev–Trinajstić information content (AvgIpc) is 3.19. The summed E-state index contributed by atoms with van der Waals surface area (Å²) < 4.78 is 45.4. The van der Waals surface area contributed by atoms with E-state index in [9.17, 15) is 22.4 Å². The zero-order chi connectivity index (χ0) is 22.8. The zero-order valence-electron chi connectivity index (χ0n) is 17.5. The van der Waals surface area contributed by atoms with Crippen LogP contribution in [0.3, 0.4) is 0 Å². The van der Waals surface area contributed by atoms with Gasteiger partial charge in [0.15, 0.2) is 5.76 Å². The van der Waals surface area contributed by atoms with E-state index in [-0.39, 0.29) is 43.1 Å². The van der Waals surface area contributed by atoms with Crippen molar-refractivity contribution in [3.05, 3.63) is 48.0 Å². The number of nitrogens with zero attached hydrogens (tertiary/aromatic N) is 2. The Morgan fingerprint density at radius 3 is 2.13 bits per heavy atom. The molecule has 0 atom stereocenters. The summed E-state index contributed by atoms with van der Waals surface area (Å²) in [5.41, 5.74) is -0.223. The van der Waals surface area contributed by atoms with Crippen molar-refractivity contribution in [1.82, 2.24) is 14.5 Å². The highest BCUT2D eigenvalue weighted by Gasteiger charge is 2.29. The number of sulfonamides is 1. The van der Waals surface area contributed by atoms with Crippen LogP contribution in [0, 0.1) is 5.82 Å². The molecule has 1 aliphatic rings. The topological polar surface area (TPSA) is 112 Å². The van der Waals surface area contributed by atoms with Crippen LogP contribution in [-0.4, -0.2) is 61.9 Å². The molecule has 3 amide bonds. The molecule has 0 saturated carbocycles. The molecular formula is C20H25FN4O5S. The first kappa shape index (κ1) is 22.8. The standard InChI is InChI=1S/C20H25FN4O5S/c1-20(2,3)23-31(28,29)17-9-8-16(30-17)18(26)24-10-12-25(13-11-24)19(27)22-15-6-4-14(21)5-7-15/h4-9,23H,10-13H2,1-3H3,(H,22,27). The molecule has 3 rings (SSSR count). The number of furan rings is 1. The SMILES string of the molecule is CC(C)(C)NS(=O)(=O)c1ccc(C(=O)N2CCN(C(=O)Nc3ccc(F)cc3)CC2)o1. The fraction of sp³-hybridized carbons (Fsp3) is 0.400. The summed E-state index contributed by atoms with van der Waals surface area (Å²) in [5.74, 6) is -0.928. The molecule has 1 aliphatic heterocycles. The van der Waals surface area contributed by atoms with Gasteiger partial charge in [-0.25, -0.2) is 22.3 Å². The van der Waals surface area contributed by atoms with E-state index in [1.807, 2.05) is 0 Å². The molecule has 31 heavy (non-hydrogen) atoms. The summed E-state index contributed by atoms with van der Waals surface area (Å²) in [6, 6.07) is 7.65. The van der Waals surface area contributed by atoms with Gasteiger partial charge in [0.05, 0.1) is 0 Å². The van der Waals surface area contributed by atoms with Crippen LogP contribution in [-0.2, 0) is 10.0 Å². The van der Waals surface area contributed by atoms with Gasteiger partial charge in [0.25, 0.3) is 15.9 Å². The zero-order valence-corrected chi connectivity index (χ0v) is 18.3. The van der Waals surface area contributed by atoms with E-state index in [1.165, 1.54) is 41.3 Å². The minimum atomic E-state index is -3.89. The lowest BCUT2D eigenvalue weighted by Gasteiger charge is -2.34. The predicted octanol–water partition coefficient (Wildman–Crippen LogP) is 2.49. The normalized spacial score (nSPS) is 15.1. The van der Waals surface area contributed by atoms with Gasteiger partial charge in [0.1, 0.15) is 5.82 Å². The molecule has 1 fully saturated rings. The Kier molecular flexibility index (Phi) is 6.37. The largest absolute Gasteiger partial charge is 0.438 e. The first-order valence-electron chi connectivity index (χ1n) is 9.69. The average molecular weight is 453 g/mol. The van der Waals surface area contributed by atoms with Gasteiger partial charge in [-0.15, -0.1) is 0 Å². The first-order valence-corrected chi connectivity index (χ1v) is 11.2. The van der Waals surface area contributed by atoms with Crippen molar-refractivity contribution in [1.29, 1.82) is 0 Å². The van der Waals surface area contributed by atoms with Crippen LogP contribution < -0.4 is 10.0 Å². The number of benzene rings is 1. The van der Waals surface area contributed by atoms with Gasteiger partial charge in [-0.05, 0) is 57.2 Å². The molecule has 1 aromatic heterocycles. The van der Waals surface area contributed by atoms with Gasteiger partial charge in [-0.2, -0.15) is 0 Å². The van der Waals surface area contributed by atoms with Crippen molar-refractivity contribution < 1.29 is 26.8 Å². The monoisotopic (exact) mass is 452 g/mol. The summed E-state index contributed by atoms with van der Waals surface area (Å²) in [5, 5.41) is 2.35. The highest BCUT2D eigenvalue weighted by molar-refractivity contribution is 7.89. The summed E-state index contributed by atoms with van der Waals surface area (Å²) in [6.45, 7) is 6.20. The van der Waals surface area contributed by atoms with E-state index in [1.54, 1.807) is 25.7 Å². The Morgan fingerprint density at radius 1 is 0.968 bits per heavy atom. The first-order chi connectivity index (χ1) is 14.4. The van der Waals surface area contributed by atoms with Gasteiger partial charge in [-0.1, -0.05) is 0 Å². The van der Waals surface area contributed by atoms with Crippen LogP contribution in [0.1, 0.15) is 31.3 Å². The Morgan fingerprint density at radius 2 is 1.55 bits per heavy atom. The van der Waals surface area contributed by atoms with E-state index < -0.39 is 27.3 Å². The molecule has 2 N–H and O–H groups in total. The third-order valence-electron chi connectivity index (χ3n) is 4.45. The quantitative estimate of drug-likeness (QED) is 0.740. The highest BCUT2D eigenvalue weighted by Crippen LogP contribution is 2.19. The molecule has 168 valence electrons. The van der Waals surface area contributed by atoms with Crippen LogP contribution in [0.4, 0.5) is 14.9 Å². The second kappa shape index (κ2) is 8.67. The van der Waals surface area contributed by atoms with E-state index in [2.05, 4.69) is 10.0 Å². The van der Waals surface area contributed by atoms with Crippen molar-refractivity contribution in [2.24, 2.45) is 0 Å². The number of rotatable bonds is 4. The number of piperazine rings is 1. The van der Waals surface area contributed by atoms with Crippen molar-refractivity contribution in [3.8, 4) is 0 Å². The lowest BCUT2D eigenvalue weighted by atomic mass is 10.1. The molecule has 2 aromatic rings. The number of hydrogen-bond donors (Lipinski definition) is 2. The summed E-state index contributed by atoms with van der Waals surface area (Å²) >= 11 is 0. The molecule has 1 saturated heterocycles. The van der Waals surface area contributed by atoms with Crippen molar-refractivity contribution in [2.75, 3.05) is 31.5 Å². The molecule has 9 nitrogen and oxygen atoms in total. The third kappa shape index (κ3) is 5.82. The van der Waals surface area contributed by atoms with Gasteiger partial charge in [-0.3, -0.25) is 4.79 Å². The second-order valence-electron chi connectivity index (χ2n) is 8.19. The maximum atomic E-state index is 13.0. The van der Waals surface area contributed by atoms with Crippen molar-refractivity contribution in [3.63, 3.8) is 0 Å². The Hall–Kier alpha value is -2.92. The molecule has 0 radical (unpaired) electrons. The van der Waals surface area contributed by atoms with Crippen LogP contribution >= 0.6 is 0 Å². The molecule has 0 unspecified atom stereocenters. The summed E-state index contributed by atoms with van der Waals surface area (Å²) in [7, 11) is -3.89. The van der Waals surface area contributed by atoms with E-state index in [4.69, 9.17) is 4.42 Å². The number of hydrogen-bond acceptors (Lipinski definition) is 5. The smallest absolute Gasteiger partial charge is 0.321 e. The summed E-state index contributed by atoms with van der Waals surface area (Å²) in [4.78, 5) is 28.1. The lowest BCUT2D eigenvalue weighted by molar-refractivity contribution is 0.0635. The number of halogens is 1. The number of anilines is 1. The fourth-order valence-corrected chi connectivity index (χ4v) is 4.39. The van der Waals surface area contributed by atoms with Gasteiger partial charge < -0.3 is 19.5 Å². The van der Waals surface area contributed by atoms with Crippen molar-refractivity contribution >= 4 is 27.6 Å². The number of carbonyl (C=O) groups is 2. The maximum absolute atomic E-state index is 13.0. The maximum Gasteiger partial charge on any atom is 0.321 e. The summed E-state index contributed by atoms with van der Waals surface area (Å²) in [6.07, 6.45) is 0. The highest BCUT2D eigenvalue weighted by atomic mass is 32.2. The molecule has 0 spiro atoms. The molecule has 0 aliphatic carbocycles. The van der Waals surface area contributed by atoms with Crippen molar-refractivity contribution in [2.45, 2.75) is 31.4 Å². The van der Waals surface area contributed by atoms with Crippen LogP contribution in [0.2, 0.25) is 0 Å². The number of nitrogens with one attached hydrogen (secondary N) is 2. The Labute approximate surface area is 180 Å². The minimum absolute atomic E-state index is 0.0847. The fourth-order valence-electron chi connectivity index (χ4n) is 3.04. The number of urea groups is 1. The molecular weight excluding hydrogens is 427 g/mol. The van der Waals surface area contributed by atoms with Gasteiger partial charge in [0.2, 0.25) is 5.09 Å². The van der Waals surface area contributed by atoms with Gasteiger partial charge in [0, 0.05) is 37.4 Å². The lowest BCUT2D eigenvalue weighted by Crippen LogP contribution is -2.51. The van der Waals surface area contributed by atoms with Crippen LogP contribution in [0.5, 0.6) is 0 Å². The molecule has 2 heterocycles. The van der Waals surface area contributed by atoms with E-state index in [0.29, 0.717) is 5.69 Å². The van der Waals surface area contributed by atoms with Crippen LogP contribution in [0.25, 0.3) is 0 Å². The third-order valence-corrected chi connectivity index (χ3v) is 6.08. The van der Waals surface area contributed by atoms with Gasteiger partial charge >= 0.3 is 6.03 Å². The molecule has 1 aromatic carbocycles. The Balaban J connectivity index is 1.57. The second-order valence-corrected chi connectivity index (χ2v) is 9.80. The molecule has 0 bridgehead atoms. The molecule has 11 heteroatoms. The number of amides is 3. The minimum Gasteiger partial charge on any atom is -0.438 e.